The summed E-state index contributed by atoms with van der Waals surface area (Å²) in [5.74, 6) is -1.47. The van der Waals surface area contributed by atoms with Crippen LogP contribution in [0.15, 0.2) is 36.4 Å². The van der Waals surface area contributed by atoms with Crippen molar-refractivity contribution < 1.29 is 23.1 Å². The molecular formula is C24H24F3N3O2. The van der Waals surface area contributed by atoms with Crippen LogP contribution in [0.4, 0.5) is 13.2 Å². The number of halogens is 3. The first-order chi connectivity index (χ1) is 15.4. The van der Waals surface area contributed by atoms with Gasteiger partial charge in [-0.15, -0.1) is 0 Å². The van der Waals surface area contributed by atoms with Crippen LogP contribution in [0.5, 0.6) is 0 Å². The van der Waals surface area contributed by atoms with Gasteiger partial charge in [-0.25, -0.2) is 13.2 Å². The average Bonchev–Trinajstić information content (AvgIpc) is 3.32. The van der Waals surface area contributed by atoms with Crippen molar-refractivity contribution in [2.75, 3.05) is 13.1 Å². The normalized spacial score (nSPS) is 25.1. The van der Waals surface area contributed by atoms with Crippen molar-refractivity contribution in [1.82, 2.24) is 15.6 Å². The van der Waals surface area contributed by atoms with Crippen LogP contribution in [-0.4, -0.2) is 41.2 Å². The number of aliphatic hydroxyl groups is 1. The van der Waals surface area contributed by atoms with Gasteiger partial charge in [0.15, 0.2) is 0 Å². The summed E-state index contributed by atoms with van der Waals surface area (Å²) in [6.45, 7) is 0.935. The second-order valence-corrected chi connectivity index (χ2v) is 8.86. The molecule has 2 atom stereocenters. The molecule has 2 fully saturated rings. The van der Waals surface area contributed by atoms with E-state index in [0.29, 0.717) is 36.2 Å². The average molecular weight is 443 g/mol. The Morgan fingerprint density at radius 2 is 1.81 bits per heavy atom. The number of aromatic amines is 1. The number of aromatic nitrogens is 1. The lowest BCUT2D eigenvalue weighted by Crippen LogP contribution is -2.43. The Morgan fingerprint density at radius 3 is 2.50 bits per heavy atom. The third-order valence-electron chi connectivity index (χ3n) is 6.63. The molecule has 1 saturated carbocycles. The molecule has 1 amide bonds. The van der Waals surface area contributed by atoms with Crippen LogP contribution in [0.25, 0.3) is 22.2 Å². The zero-order valence-corrected chi connectivity index (χ0v) is 17.3. The van der Waals surface area contributed by atoms with E-state index in [1.807, 2.05) is 0 Å². The maximum Gasteiger partial charge on any atom is 0.237 e. The topological polar surface area (TPSA) is 77.2 Å². The Bertz CT molecular complexity index is 1160. The molecule has 1 aliphatic carbocycles. The van der Waals surface area contributed by atoms with Gasteiger partial charge < -0.3 is 20.7 Å². The van der Waals surface area contributed by atoms with Gasteiger partial charge in [-0.2, -0.15) is 0 Å². The van der Waals surface area contributed by atoms with E-state index in [1.54, 1.807) is 12.1 Å². The Labute approximate surface area is 183 Å². The van der Waals surface area contributed by atoms with Gasteiger partial charge in [-0.1, -0.05) is 0 Å². The SMILES string of the molecule is O=C(NCC1CC(c2c(-c3ccc(F)cc3)[nH]c3c(F)cc(F)cc23)C1)[C@@H]1C[C@@H](O)CN1. The number of nitrogens with one attached hydrogen (secondary N) is 3. The van der Waals surface area contributed by atoms with E-state index in [0.717, 1.165) is 24.5 Å². The quantitative estimate of drug-likeness (QED) is 0.487. The molecule has 0 unspecified atom stereocenters. The van der Waals surface area contributed by atoms with E-state index in [9.17, 15) is 23.1 Å². The first-order valence-electron chi connectivity index (χ1n) is 10.8. The number of hydrogen-bond acceptors (Lipinski definition) is 3. The number of carbonyl (C=O) groups is 1. The van der Waals surface area contributed by atoms with Gasteiger partial charge in [0, 0.05) is 24.5 Å². The monoisotopic (exact) mass is 443 g/mol. The summed E-state index contributed by atoms with van der Waals surface area (Å²) in [6, 6.07) is 7.75. The second-order valence-electron chi connectivity index (χ2n) is 8.86. The number of hydrogen-bond donors (Lipinski definition) is 4. The lowest BCUT2D eigenvalue weighted by Gasteiger charge is -2.36. The molecule has 2 aliphatic rings. The summed E-state index contributed by atoms with van der Waals surface area (Å²) < 4.78 is 41.9. The molecular weight excluding hydrogens is 419 g/mol. The number of β-amino-alcohol motifs (C(OH)–C–C–N with tert-alkyl or cyclic N) is 1. The highest BCUT2D eigenvalue weighted by Crippen LogP contribution is 2.48. The van der Waals surface area contributed by atoms with Crippen LogP contribution >= 0.6 is 0 Å². The third kappa shape index (κ3) is 3.89. The minimum absolute atomic E-state index is 0.0679. The van der Waals surface area contributed by atoms with Gasteiger partial charge in [0.2, 0.25) is 5.91 Å². The number of fused-ring (bicyclic) bond motifs is 1. The number of H-pyrrole nitrogens is 1. The van der Waals surface area contributed by atoms with E-state index in [-0.39, 0.29) is 35.1 Å². The number of rotatable bonds is 5. The van der Waals surface area contributed by atoms with Gasteiger partial charge in [-0.05, 0) is 72.6 Å². The largest absolute Gasteiger partial charge is 0.392 e. The van der Waals surface area contributed by atoms with Crippen LogP contribution in [0.1, 0.15) is 30.7 Å². The Balaban J connectivity index is 1.35. The van der Waals surface area contributed by atoms with Crippen molar-refractivity contribution in [3.8, 4) is 11.3 Å². The highest BCUT2D eigenvalue weighted by atomic mass is 19.1. The number of carbonyl (C=O) groups excluding carboxylic acids is 1. The Morgan fingerprint density at radius 1 is 1.06 bits per heavy atom. The van der Waals surface area contributed by atoms with E-state index in [4.69, 9.17) is 0 Å². The molecule has 1 saturated heterocycles. The molecule has 0 bridgehead atoms. The minimum Gasteiger partial charge on any atom is -0.392 e. The molecule has 4 N–H and O–H groups in total. The van der Waals surface area contributed by atoms with Crippen LogP contribution in [-0.2, 0) is 4.79 Å². The predicted octanol–water partition coefficient (Wildman–Crippen LogP) is 3.58. The number of benzene rings is 2. The molecule has 5 rings (SSSR count). The molecule has 2 heterocycles. The molecule has 1 aromatic heterocycles. The third-order valence-corrected chi connectivity index (χ3v) is 6.63. The number of aliphatic hydroxyl groups excluding tert-OH is 1. The van der Waals surface area contributed by atoms with Gasteiger partial charge in [0.1, 0.15) is 17.5 Å². The van der Waals surface area contributed by atoms with Crippen LogP contribution in [0.2, 0.25) is 0 Å². The summed E-state index contributed by atoms with van der Waals surface area (Å²) >= 11 is 0. The summed E-state index contributed by atoms with van der Waals surface area (Å²) in [5, 5.41) is 16.0. The Kier molecular flexibility index (Phi) is 5.43. The first-order valence-corrected chi connectivity index (χ1v) is 10.8. The van der Waals surface area contributed by atoms with Crippen molar-refractivity contribution in [3.05, 3.63) is 59.4 Å². The van der Waals surface area contributed by atoms with E-state index in [2.05, 4.69) is 15.6 Å². The summed E-state index contributed by atoms with van der Waals surface area (Å²) in [7, 11) is 0. The molecule has 5 nitrogen and oxygen atoms in total. The fraction of sp³-hybridized carbons (Fsp3) is 0.375. The summed E-state index contributed by atoms with van der Waals surface area (Å²) in [6.07, 6.45) is 1.44. The van der Waals surface area contributed by atoms with Crippen LogP contribution in [0, 0.1) is 23.4 Å². The zero-order chi connectivity index (χ0) is 22.4. The van der Waals surface area contributed by atoms with Gasteiger partial charge >= 0.3 is 0 Å². The lowest BCUT2D eigenvalue weighted by atomic mass is 9.70. The van der Waals surface area contributed by atoms with Crippen LogP contribution < -0.4 is 10.6 Å². The molecule has 0 radical (unpaired) electrons. The van der Waals surface area contributed by atoms with E-state index < -0.39 is 17.7 Å². The Hall–Kier alpha value is -2.84. The molecule has 1 aliphatic heterocycles. The van der Waals surface area contributed by atoms with Gasteiger partial charge in [0.05, 0.1) is 23.4 Å². The molecule has 2 aromatic carbocycles. The molecule has 32 heavy (non-hydrogen) atoms. The summed E-state index contributed by atoms with van der Waals surface area (Å²) in [5.41, 5.74) is 2.44. The van der Waals surface area contributed by atoms with E-state index in [1.165, 1.54) is 18.2 Å². The maximum atomic E-state index is 14.5. The van der Waals surface area contributed by atoms with E-state index >= 15 is 0 Å². The second kappa shape index (κ2) is 8.26. The summed E-state index contributed by atoms with van der Waals surface area (Å²) in [4.78, 5) is 15.3. The standard InChI is InChI=1S/C24H24F3N3O2/c25-15-3-1-13(2-4-15)22-21(18-7-16(26)8-19(27)23(18)30-22)14-5-12(6-14)10-29-24(32)20-9-17(31)11-28-20/h1-4,7-8,12,14,17,20,28,30-31H,5-6,9-11H2,(H,29,32)/t12?,14?,17-,20+/m1/s1. The highest BCUT2D eigenvalue weighted by Gasteiger charge is 2.35. The predicted molar refractivity (Wildman–Crippen MR) is 114 cm³/mol. The molecule has 8 heteroatoms. The lowest BCUT2D eigenvalue weighted by molar-refractivity contribution is -0.123. The molecule has 0 spiro atoms. The number of amides is 1. The molecule has 3 aromatic rings. The zero-order valence-electron chi connectivity index (χ0n) is 17.3. The van der Waals surface area contributed by atoms with Crippen molar-refractivity contribution in [2.24, 2.45) is 5.92 Å². The smallest absolute Gasteiger partial charge is 0.237 e. The van der Waals surface area contributed by atoms with Crippen molar-refractivity contribution >= 4 is 16.8 Å². The maximum absolute atomic E-state index is 14.5. The van der Waals surface area contributed by atoms with Crippen LogP contribution in [0.3, 0.4) is 0 Å². The van der Waals surface area contributed by atoms with Gasteiger partial charge in [0.25, 0.3) is 0 Å². The fourth-order valence-electron chi connectivity index (χ4n) is 4.93. The minimum atomic E-state index is -0.663. The van der Waals surface area contributed by atoms with Crippen molar-refractivity contribution in [1.29, 1.82) is 0 Å². The van der Waals surface area contributed by atoms with Crippen molar-refractivity contribution in [2.45, 2.75) is 37.3 Å². The first kappa shape index (κ1) is 21.0. The highest BCUT2D eigenvalue weighted by molar-refractivity contribution is 5.92. The fourth-order valence-corrected chi connectivity index (χ4v) is 4.93. The van der Waals surface area contributed by atoms with Crippen molar-refractivity contribution in [3.63, 3.8) is 0 Å². The van der Waals surface area contributed by atoms with Gasteiger partial charge in [-0.3, -0.25) is 4.79 Å². The molecule has 168 valence electrons.